The van der Waals surface area contributed by atoms with Gasteiger partial charge < -0.3 is 4.74 Å². The van der Waals surface area contributed by atoms with Crippen LogP contribution in [0, 0.1) is 10.1 Å². The summed E-state index contributed by atoms with van der Waals surface area (Å²) >= 11 is 0.950. The van der Waals surface area contributed by atoms with Crippen molar-refractivity contribution in [3.05, 3.63) is 39.9 Å². The molecule has 0 N–H and O–H groups in total. The number of nitrogens with zero attached hydrogens (tertiary/aromatic N) is 1. The van der Waals surface area contributed by atoms with E-state index in [4.69, 9.17) is 4.74 Å². The molecule has 0 saturated carbocycles. The minimum absolute atomic E-state index is 0.150. The van der Waals surface area contributed by atoms with Gasteiger partial charge in [0.2, 0.25) is 6.54 Å². The zero-order chi connectivity index (χ0) is 12.8. The Kier molecular flexibility index (Phi) is 4.96. The van der Waals surface area contributed by atoms with Crippen molar-refractivity contribution in [2.45, 2.75) is 12.2 Å². The largest absolute Gasteiger partial charge is 0.496 e. The van der Waals surface area contributed by atoms with Crippen LogP contribution in [-0.4, -0.2) is 23.7 Å². The summed E-state index contributed by atoms with van der Waals surface area (Å²) in [6.45, 7) is 1.09. The Morgan fingerprint density at radius 3 is 2.71 bits per heavy atom. The van der Waals surface area contributed by atoms with Crippen LogP contribution in [0.25, 0.3) is 0 Å². The van der Waals surface area contributed by atoms with Crippen molar-refractivity contribution >= 4 is 16.9 Å². The maximum absolute atomic E-state index is 11.1. The molecule has 0 spiro atoms. The maximum atomic E-state index is 11.1. The van der Waals surface area contributed by atoms with Crippen LogP contribution in [0.1, 0.15) is 17.7 Å². The molecule has 0 unspecified atom stereocenters. The maximum Gasteiger partial charge on any atom is 0.220 e. The van der Waals surface area contributed by atoms with E-state index < -0.39 is 10.2 Å². The van der Waals surface area contributed by atoms with Gasteiger partial charge in [0, 0.05) is 17.4 Å². The van der Waals surface area contributed by atoms with Crippen LogP contribution in [0.4, 0.5) is 0 Å². The number of hydrogen-bond acceptors (Lipinski definition) is 5. The molecule has 0 aliphatic heterocycles. The van der Waals surface area contributed by atoms with Crippen LogP contribution in [0.2, 0.25) is 0 Å². The average Bonchev–Trinajstić information content (AvgIpc) is 2.27. The minimum atomic E-state index is -0.515. The lowest BCUT2D eigenvalue weighted by Crippen LogP contribution is -2.12. The third-order valence-electron chi connectivity index (χ3n) is 2.11. The molecule has 0 radical (unpaired) electrons. The van der Waals surface area contributed by atoms with Crippen LogP contribution in [0.15, 0.2) is 24.3 Å². The number of carbonyl (C=O) groups is 1. The first-order valence-corrected chi connectivity index (χ1v) is 5.84. The van der Waals surface area contributed by atoms with Crippen molar-refractivity contribution in [1.29, 1.82) is 0 Å². The van der Waals surface area contributed by atoms with Crippen molar-refractivity contribution in [2.24, 2.45) is 0 Å². The summed E-state index contributed by atoms with van der Waals surface area (Å²) in [4.78, 5) is 21.3. The highest BCUT2D eigenvalue weighted by Gasteiger charge is 2.23. The van der Waals surface area contributed by atoms with E-state index in [2.05, 4.69) is 0 Å². The van der Waals surface area contributed by atoms with Gasteiger partial charge in [-0.1, -0.05) is 30.0 Å². The molecule has 1 aromatic carbocycles. The first-order valence-electron chi connectivity index (χ1n) is 4.96. The molecule has 0 aliphatic rings. The number of nitro groups is 1. The predicted molar refractivity (Wildman–Crippen MR) is 65.9 cm³/mol. The molecule has 6 heteroatoms. The van der Waals surface area contributed by atoms with Crippen LogP contribution in [-0.2, 0) is 4.79 Å². The fourth-order valence-electron chi connectivity index (χ4n) is 1.47. The summed E-state index contributed by atoms with van der Waals surface area (Å²) in [5.74, 6) is 0.563. The summed E-state index contributed by atoms with van der Waals surface area (Å²) in [7, 11) is 1.50. The second-order valence-corrected chi connectivity index (χ2v) is 4.73. The third-order valence-corrected chi connectivity index (χ3v) is 3.13. The van der Waals surface area contributed by atoms with E-state index in [0.717, 1.165) is 11.8 Å². The minimum Gasteiger partial charge on any atom is -0.496 e. The number of methoxy groups -OCH3 is 1. The Morgan fingerprint density at radius 2 is 2.18 bits per heavy atom. The molecule has 5 nitrogen and oxygen atoms in total. The van der Waals surface area contributed by atoms with Crippen LogP contribution >= 0.6 is 11.8 Å². The molecule has 0 aromatic heterocycles. The second-order valence-electron chi connectivity index (χ2n) is 3.36. The zero-order valence-corrected chi connectivity index (χ0v) is 10.4. The van der Waals surface area contributed by atoms with Crippen LogP contribution in [0.3, 0.4) is 0 Å². The molecule has 1 aromatic rings. The average molecular weight is 255 g/mol. The summed E-state index contributed by atoms with van der Waals surface area (Å²) in [6, 6.07) is 7.02. The highest BCUT2D eigenvalue weighted by molar-refractivity contribution is 8.13. The summed E-state index contributed by atoms with van der Waals surface area (Å²) in [5.41, 5.74) is 0.673. The van der Waals surface area contributed by atoms with Crippen molar-refractivity contribution in [1.82, 2.24) is 0 Å². The van der Waals surface area contributed by atoms with E-state index in [1.807, 2.05) is 0 Å². The number of rotatable bonds is 5. The molecule has 0 bridgehead atoms. The quantitative estimate of drug-likeness (QED) is 0.596. The zero-order valence-electron chi connectivity index (χ0n) is 9.58. The van der Waals surface area contributed by atoms with Gasteiger partial charge in [-0.15, -0.1) is 0 Å². The Bertz CT molecular complexity index is 406. The van der Waals surface area contributed by atoms with Gasteiger partial charge >= 0.3 is 0 Å². The summed E-state index contributed by atoms with van der Waals surface area (Å²) < 4.78 is 5.14. The first-order chi connectivity index (χ1) is 8.04. The molecule has 0 heterocycles. The smallest absolute Gasteiger partial charge is 0.220 e. The van der Waals surface area contributed by atoms with Gasteiger partial charge in [-0.3, -0.25) is 14.9 Å². The van der Waals surface area contributed by atoms with Gasteiger partial charge in [-0.05, 0) is 6.07 Å². The van der Waals surface area contributed by atoms with E-state index in [1.54, 1.807) is 24.3 Å². The van der Waals surface area contributed by atoms with Crippen molar-refractivity contribution < 1.29 is 14.5 Å². The molecule has 0 fully saturated rings. The number of para-hydroxylation sites is 1. The predicted octanol–water partition coefficient (Wildman–Crippen LogP) is 2.29. The Labute approximate surface area is 103 Å². The van der Waals surface area contributed by atoms with Gasteiger partial charge in [0.15, 0.2) is 5.12 Å². The monoisotopic (exact) mass is 255 g/mol. The number of carbonyl (C=O) groups excluding carboxylic acids is 1. The molecule has 0 saturated heterocycles. The van der Waals surface area contributed by atoms with E-state index in [1.165, 1.54) is 14.0 Å². The molecule has 0 aliphatic carbocycles. The van der Waals surface area contributed by atoms with Crippen molar-refractivity contribution in [2.75, 3.05) is 13.7 Å². The summed E-state index contributed by atoms with van der Waals surface area (Å²) in [6.07, 6.45) is 0. The molecular formula is C11H13NO4S. The standard InChI is InChI=1S/C11H13NO4S/c1-8(13)17-11(7-12(14)15)9-5-3-4-6-10(9)16-2/h3-6,11H,7H2,1-2H3/t11-/m0/s1. The highest BCUT2D eigenvalue weighted by Crippen LogP contribution is 2.35. The van der Waals surface area contributed by atoms with Crippen molar-refractivity contribution in [3.63, 3.8) is 0 Å². The van der Waals surface area contributed by atoms with Crippen LogP contribution in [0.5, 0.6) is 5.75 Å². The lowest BCUT2D eigenvalue weighted by atomic mass is 10.1. The van der Waals surface area contributed by atoms with Gasteiger partial charge in [-0.25, -0.2) is 0 Å². The number of ether oxygens (including phenoxy) is 1. The number of benzene rings is 1. The SMILES string of the molecule is COc1ccccc1[C@H](C[N+](=O)[O-])SC(C)=O. The van der Waals surface area contributed by atoms with E-state index in [9.17, 15) is 14.9 Å². The van der Waals surface area contributed by atoms with E-state index in [0.29, 0.717) is 11.3 Å². The molecule has 92 valence electrons. The fraction of sp³-hybridized carbons (Fsp3) is 0.364. The topological polar surface area (TPSA) is 69.4 Å². The first kappa shape index (κ1) is 13.5. The fourth-order valence-corrected chi connectivity index (χ4v) is 2.39. The molecule has 1 rings (SSSR count). The van der Waals surface area contributed by atoms with Gasteiger partial charge in [0.1, 0.15) is 11.0 Å². The van der Waals surface area contributed by atoms with E-state index >= 15 is 0 Å². The third kappa shape index (κ3) is 4.07. The summed E-state index contributed by atoms with van der Waals surface area (Å²) in [5, 5.41) is 9.94. The van der Waals surface area contributed by atoms with Gasteiger partial charge in [-0.2, -0.15) is 0 Å². The Morgan fingerprint density at radius 1 is 1.53 bits per heavy atom. The number of thioether (sulfide) groups is 1. The van der Waals surface area contributed by atoms with Gasteiger partial charge in [0.25, 0.3) is 0 Å². The Balaban J connectivity index is 3.02. The Hall–Kier alpha value is -1.56. The molecule has 17 heavy (non-hydrogen) atoms. The second kappa shape index (κ2) is 6.24. The van der Waals surface area contributed by atoms with E-state index in [-0.39, 0.29) is 11.7 Å². The van der Waals surface area contributed by atoms with Crippen LogP contribution < -0.4 is 4.74 Å². The lowest BCUT2D eigenvalue weighted by Gasteiger charge is -2.14. The molecule has 0 amide bonds. The van der Waals surface area contributed by atoms with Gasteiger partial charge in [0.05, 0.1) is 7.11 Å². The highest BCUT2D eigenvalue weighted by atomic mass is 32.2. The molecular weight excluding hydrogens is 242 g/mol. The normalized spacial score (nSPS) is 11.9. The van der Waals surface area contributed by atoms with Crippen molar-refractivity contribution in [3.8, 4) is 5.75 Å². The lowest BCUT2D eigenvalue weighted by molar-refractivity contribution is -0.479. The molecule has 1 atom stereocenters. The number of hydrogen-bond donors (Lipinski definition) is 0.